The smallest absolute Gasteiger partial charge is 0.438 e. The molecular formula is C106H184O36P4. The zero-order valence-electron chi connectivity index (χ0n) is 89.8. The second-order valence-electron chi connectivity index (χ2n) is 50.4. The zero-order valence-corrected chi connectivity index (χ0v) is 93.4. The van der Waals surface area contributed by atoms with Crippen molar-refractivity contribution in [1.29, 1.82) is 0 Å². The first-order valence-electron chi connectivity index (χ1n) is 55.2. The average Bonchev–Trinajstić information content (AvgIpc) is 1.45. The van der Waals surface area contributed by atoms with Gasteiger partial charge >= 0.3 is 55.2 Å². The number of esters is 4. The Balaban J connectivity index is 0.000000163. The van der Waals surface area contributed by atoms with E-state index in [0.717, 1.165) is 173 Å². The second kappa shape index (κ2) is 48.3. The van der Waals surface area contributed by atoms with Gasteiger partial charge in [0.05, 0.1) is 73.2 Å². The number of aliphatic hydroxyl groups is 7. The summed E-state index contributed by atoms with van der Waals surface area (Å²) < 4.78 is 109. The quantitative estimate of drug-likeness (QED) is 0.0123. The Morgan fingerprint density at radius 3 is 0.815 bits per heavy atom. The number of hydrogen-bond donors (Lipinski definition) is 15. The molecule has 40 heteroatoms. The van der Waals surface area contributed by atoms with Crippen LogP contribution in [0.25, 0.3) is 0 Å². The van der Waals surface area contributed by atoms with Crippen molar-refractivity contribution >= 4 is 55.2 Å². The summed E-state index contributed by atoms with van der Waals surface area (Å²) in [6, 6.07) is 0. The lowest BCUT2D eigenvalue weighted by Gasteiger charge is -2.64. The van der Waals surface area contributed by atoms with Crippen molar-refractivity contribution in [2.45, 2.75) is 394 Å². The van der Waals surface area contributed by atoms with Crippen LogP contribution in [0.5, 0.6) is 0 Å². The molecule has 16 fully saturated rings. The molecule has 0 aromatic heterocycles. The van der Waals surface area contributed by atoms with Crippen LogP contribution in [0.15, 0.2) is 0 Å². The molecule has 0 amide bonds. The fourth-order valence-electron chi connectivity index (χ4n) is 36.9. The number of phosphoric ester groups is 4. The van der Waals surface area contributed by atoms with Gasteiger partial charge in [-0.1, -0.05) is 83.1 Å². The third kappa shape index (κ3) is 25.4. The van der Waals surface area contributed by atoms with Gasteiger partial charge in [-0.05, 0) is 398 Å². The molecule has 0 bridgehead atoms. The summed E-state index contributed by atoms with van der Waals surface area (Å²) in [5, 5.41) is 79.2. The van der Waals surface area contributed by atoms with Crippen LogP contribution < -0.4 is 0 Å². The van der Waals surface area contributed by atoms with Gasteiger partial charge in [0.25, 0.3) is 0 Å². The number of carbonyl (C=O) groups is 4. The van der Waals surface area contributed by atoms with Gasteiger partial charge in [-0.3, -0.25) is 19.2 Å². The Hall–Kier alpha value is -2.16. The van der Waals surface area contributed by atoms with Crippen LogP contribution >= 0.6 is 31.3 Å². The Morgan fingerprint density at radius 2 is 0.548 bits per heavy atom. The first-order valence-corrected chi connectivity index (χ1v) is 61.3. The van der Waals surface area contributed by atoms with E-state index in [9.17, 15) is 73.2 Å². The van der Waals surface area contributed by atoms with Crippen molar-refractivity contribution in [2.24, 2.45) is 185 Å². The normalized spacial score (nSPS) is 44.9. The van der Waals surface area contributed by atoms with E-state index in [4.69, 9.17) is 81.8 Å². The number of carbonyl (C=O) groups excluding carboxylic acids is 4. The lowest BCUT2D eigenvalue weighted by atomic mass is 9.43. The Labute approximate surface area is 865 Å². The van der Waals surface area contributed by atoms with Gasteiger partial charge in [-0.15, -0.1) is 0 Å². The standard InChI is InChI=1S/2C27H47O9P.2C26H45O9P/c1-16(6-9-24(29)35-15-36-37(30,31)32)19-7-8-20-25-21(14-23(28)27(19,20)3)26(2)11-10-18(33-4)12-17(26)13-22(25)34-5;1-5-34-22-13-17-12-18(28)10-11-26(17,3)21-14-23(29)27(4)19(7-8-20(27)25(21)22)16(2)6-9-24(30)35-15-36-37(31,32)33;1-15(5-8-23(29)34-14-35-36(30,31)32)18-6-7-19-24-20(13-22(28)26(18,19)3)25(2)10-9-17(33-4)11-16(25)12-21(24)27;1-15(5-8-23(29)34-14-35-36(30,31)32)18-6-7-19-24-20(13-22(28)26(18,19)3)25(2)10-9-17(27)11-16(25)12-21(24)33-4/h16-23,25,28H,6-15H2,1-5H3,(H2,30,31,32);16-23,25,28-29H,5-15H2,1-4H3,(H2,31,32,33);2*15-22,24,27-28H,5-14H2,1-4H3,(H2,30,31,32). The number of ether oxygens (including phenoxy) is 9. The van der Waals surface area contributed by atoms with Crippen LogP contribution in [0.4, 0.5) is 0 Å². The lowest BCUT2D eigenvalue weighted by Crippen LogP contribution is -2.62. The van der Waals surface area contributed by atoms with Crippen LogP contribution in [0.2, 0.25) is 0 Å². The molecule has 0 aromatic rings. The first-order chi connectivity index (χ1) is 68.3. The monoisotopic (exact) mass is 2160 g/mol. The number of hydrogen-bond acceptors (Lipinski definition) is 28. The van der Waals surface area contributed by atoms with E-state index in [2.05, 4.69) is 108 Å². The van der Waals surface area contributed by atoms with E-state index < -0.39 is 107 Å². The molecule has 0 aromatic carbocycles. The fraction of sp³-hybridized carbons (Fsp3) is 0.962. The van der Waals surface area contributed by atoms with Crippen molar-refractivity contribution in [3.63, 3.8) is 0 Å². The lowest BCUT2D eigenvalue weighted by molar-refractivity contribution is -0.216. The van der Waals surface area contributed by atoms with E-state index in [1.165, 1.54) is 0 Å². The number of rotatable bonds is 34. The van der Waals surface area contributed by atoms with E-state index in [0.29, 0.717) is 128 Å². The summed E-state index contributed by atoms with van der Waals surface area (Å²) >= 11 is 0. The molecular weight excluding hydrogens is 1970 g/mol. The summed E-state index contributed by atoms with van der Waals surface area (Å²) in [5.74, 6) is 5.49. The predicted octanol–water partition coefficient (Wildman–Crippen LogP) is 15.6. The summed E-state index contributed by atoms with van der Waals surface area (Å²) in [6.07, 6.45) is 28.0. The third-order valence-corrected chi connectivity index (χ3v) is 46.4. The molecule has 0 spiro atoms. The highest BCUT2D eigenvalue weighted by molar-refractivity contribution is 7.47. The zero-order chi connectivity index (χ0) is 107. The van der Waals surface area contributed by atoms with Crippen molar-refractivity contribution in [3.05, 3.63) is 0 Å². The topological polar surface area (TPSA) is 560 Å². The maximum atomic E-state index is 12.1. The van der Waals surface area contributed by atoms with Gasteiger partial charge < -0.3 is 118 Å². The van der Waals surface area contributed by atoms with E-state index >= 15 is 0 Å². The van der Waals surface area contributed by atoms with Gasteiger partial charge in [0.15, 0.2) is 0 Å². The summed E-state index contributed by atoms with van der Waals surface area (Å²) in [6.45, 7) is 26.8. The number of methoxy groups -OCH3 is 4. The SMILES string of the molecule is CCOC1CC2CC(O)CCC2(C)C2CC(O)C3(C)C(C(C)CCC(=O)OCOP(=O)(O)O)CCC3C12.COC1CC2CC(O)CCC2(C)C2CC(O)C3(C)C(C(C)CCC(=O)OCOP(=O)(O)O)CCC3C12.COC1CCC2(C)C(C1)CC(O)C1C2CC(O)C2(C)C(C(C)CCC(=O)OCOP(=O)(O)O)CCC12.COC1CCC2(C)C(C1)CC(OC)C1C2CC(O)C2(C)C(C(C)CCC(=O)OCOP(=O)(O)O)CCC12. The molecule has 16 aliphatic carbocycles. The van der Waals surface area contributed by atoms with Crippen LogP contribution in [0.3, 0.4) is 0 Å². The van der Waals surface area contributed by atoms with Gasteiger partial charge in [0.1, 0.15) is 0 Å². The van der Waals surface area contributed by atoms with Crippen molar-refractivity contribution < 1.29 is 173 Å². The molecule has 44 unspecified atom stereocenters. The molecule has 16 saturated carbocycles. The minimum atomic E-state index is -4.68. The highest BCUT2D eigenvalue weighted by Gasteiger charge is 2.72. The van der Waals surface area contributed by atoms with E-state index in [-0.39, 0.29) is 171 Å². The molecule has 16 rings (SSSR count). The predicted molar refractivity (Wildman–Crippen MR) is 535 cm³/mol. The van der Waals surface area contributed by atoms with Gasteiger partial charge in [0.2, 0.25) is 27.2 Å². The maximum Gasteiger partial charge on any atom is 0.472 e. The van der Waals surface area contributed by atoms with E-state index in [1.54, 1.807) is 7.11 Å². The van der Waals surface area contributed by atoms with E-state index in [1.807, 2.05) is 21.3 Å². The summed E-state index contributed by atoms with van der Waals surface area (Å²) in [7, 11) is -11.4. The van der Waals surface area contributed by atoms with Crippen molar-refractivity contribution in [2.75, 3.05) is 62.2 Å². The fourth-order valence-corrected chi connectivity index (χ4v) is 37.6. The van der Waals surface area contributed by atoms with Gasteiger partial charge in [0, 0.05) is 60.7 Å². The van der Waals surface area contributed by atoms with Gasteiger partial charge in [-0.25, -0.2) is 36.4 Å². The Morgan fingerprint density at radius 1 is 0.301 bits per heavy atom. The minimum absolute atomic E-state index is 0.114. The highest BCUT2D eigenvalue weighted by Crippen LogP contribution is 2.75. The molecule has 0 aliphatic heterocycles. The summed E-state index contributed by atoms with van der Waals surface area (Å²) in [5.41, 5.74) is -0.543. The Kier molecular flexibility index (Phi) is 40.0. The average molecular weight is 2160 g/mol. The highest BCUT2D eigenvalue weighted by atomic mass is 31.2. The largest absolute Gasteiger partial charge is 0.472 e. The first kappa shape index (κ1) is 121. The summed E-state index contributed by atoms with van der Waals surface area (Å²) in [4.78, 5) is 118. The maximum absolute atomic E-state index is 12.1. The molecule has 0 saturated heterocycles. The number of phosphoric acid groups is 4. The molecule has 16 aliphatic rings. The molecule has 0 heterocycles. The Bertz CT molecular complexity index is 4510. The van der Waals surface area contributed by atoms with Gasteiger partial charge in [-0.2, -0.15) is 0 Å². The molecule has 0 radical (unpaired) electrons. The second-order valence-corrected chi connectivity index (χ2v) is 55.4. The van der Waals surface area contributed by atoms with Crippen molar-refractivity contribution in [1.82, 2.24) is 0 Å². The molecule has 44 atom stereocenters. The van der Waals surface area contributed by atoms with Crippen LogP contribution in [-0.2, 0) is 98.2 Å². The molecule has 15 N–H and O–H groups in total. The van der Waals surface area contributed by atoms with Crippen LogP contribution in [0, 0.1) is 185 Å². The molecule has 844 valence electrons. The van der Waals surface area contributed by atoms with Crippen LogP contribution in [0.1, 0.15) is 321 Å². The molecule has 36 nitrogen and oxygen atoms in total. The number of aliphatic hydroxyl groups excluding tert-OH is 7. The third-order valence-electron chi connectivity index (χ3n) is 44.6. The minimum Gasteiger partial charge on any atom is -0.438 e. The molecule has 146 heavy (non-hydrogen) atoms. The van der Waals surface area contributed by atoms with Crippen molar-refractivity contribution in [3.8, 4) is 0 Å². The van der Waals surface area contributed by atoms with Crippen LogP contribution in [-0.4, -0.2) is 234 Å². The number of fused-ring (bicyclic) bond motifs is 20.